The molecular formula is C24H20N2PtS2. The quantitative estimate of drug-likeness (QED) is 0.217. The summed E-state index contributed by atoms with van der Waals surface area (Å²) in [5, 5.41) is 6.46. The molecule has 0 saturated carbocycles. The summed E-state index contributed by atoms with van der Waals surface area (Å²) in [7, 11) is 0. The second kappa shape index (κ2) is 7.26. The first-order valence-electron chi connectivity index (χ1n) is 9.34. The van der Waals surface area contributed by atoms with Crippen molar-refractivity contribution < 1.29 is 21.1 Å². The van der Waals surface area contributed by atoms with Gasteiger partial charge in [0.2, 0.25) is 0 Å². The number of aromatic nitrogens is 2. The van der Waals surface area contributed by atoms with Gasteiger partial charge >= 0.3 is 21.1 Å². The number of rotatable bonds is 0. The van der Waals surface area contributed by atoms with E-state index in [1.165, 1.54) is 0 Å². The number of hydrogen-bond donors (Lipinski definition) is 0. The van der Waals surface area contributed by atoms with Crippen LogP contribution in [0.2, 0.25) is 0 Å². The van der Waals surface area contributed by atoms with Gasteiger partial charge in [0, 0.05) is 10.8 Å². The van der Waals surface area contributed by atoms with Crippen LogP contribution >= 0.6 is 22.7 Å². The molecule has 0 spiro atoms. The van der Waals surface area contributed by atoms with Crippen molar-refractivity contribution in [1.29, 1.82) is 0 Å². The molecule has 2 aromatic heterocycles. The van der Waals surface area contributed by atoms with E-state index in [0.717, 1.165) is 43.7 Å². The van der Waals surface area contributed by atoms with Gasteiger partial charge in [-0.05, 0) is 22.1 Å². The smallest absolute Gasteiger partial charge is 0.289 e. The maximum Gasteiger partial charge on any atom is 2.00 e. The summed E-state index contributed by atoms with van der Waals surface area (Å²) >= 11 is 3.41. The molecule has 0 fully saturated rings. The SMILES string of the molecule is CC1(C)c2[c-]c(ccc2)-c2csc(n2)C(C)(C)c2[c-]c(ccc2)-c2csc1n2.[Pt+2]. The third kappa shape index (κ3) is 3.36. The molecule has 29 heavy (non-hydrogen) atoms. The van der Waals surface area contributed by atoms with E-state index < -0.39 is 0 Å². The first kappa shape index (κ1) is 20.7. The van der Waals surface area contributed by atoms with Gasteiger partial charge in [-0.2, -0.15) is 0 Å². The molecule has 0 atom stereocenters. The van der Waals surface area contributed by atoms with E-state index in [2.05, 4.69) is 87.0 Å². The molecule has 8 bridgehead atoms. The monoisotopic (exact) mass is 595 g/mol. The minimum absolute atomic E-state index is 0. The molecule has 1 aliphatic rings. The largest absolute Gasteiger partial charge is 2.00 e. The van der Waals surface area contributed by atoms with Crippen LogP contribution in [0.25, 0.3) is 22.5 Å². The second-order valence-corrected chi connectivity index (χ2v) is 10.00. The van der Waals surface area contributed by atoms with Crippen LogP contribution in [0.5, 0.6) is 0 Å². The Kier molecular flexibility index (Phi) is 5.17. The molecule has 4 aromatic rings. The molecule has 0 radical (unpaired) electrons. The summed E-state index contributed by atoms with van der Waals surface area (Å²) in [6.45, 7) is 8.86. The summed E-state index contributed by atoms with van der Waals surface area (Å²) in [4.78, 5) is 9.99. The van der Waals surface area contributed by atoms with Crippen molar-refractivity contribution in [1.82, 2.24) is 9.97 Å². The summed E-state index contributed by atoms with van der Waals surface area (Å²) in [6.07, 6.45) is 0. The molecular weight excluding hydrogens is 575 g/mol. The fraction of sp³-hybridized carbons (Fsp3) is 0.250. The second-order valence-electron chi connectivity index (χ2n) is 8.28. The van der Waals surface area contributed by atoms with E-state index in [9.17, 15) is 0 Å². The Hall–Kier alpha value is -1.61. The van der Waals surface area contributed by atoms with Gasteiger partial charge in [0.25, 0.3) is 0 Å². The number of hydrogen-bond acceptors (Lipinski definition) is 4. The predicted molar refractivity (Wildman–Crippen MR) is 117 cm³/mol. The van der Waals surface area contributed by atoms with Crippen LogP contribution in [-0.4, -0.2) is 9.97 Å². The number of fused-ring (bicyclic) bond motifs is 10. The molecule has 1 aliphatic heterocycles. The van der Waals surface area contributed by atoms with Gasteiger partial charge in [-0.15, -0.1) is 93.5 Å². The third-order valence-corrected chi connectivity index (χ3v) is 7.90. The van der Waals surface area contributed by atoms with Crippen LogP contribution in [-0.2, 0) is 31.9 Å². The average Bonchev–Trinajstić information content (AvgIpc) is 3.38. The maximum absolute atomic E-state index is 5.00. The minimum atomic E-state index is -0.223. The van der Waals surface area contributed by atoms with Gasteiger partial charge in [0.05, 0.1) is 10.0 Å². The van der Waals surface area contributed by atoms with Crippen molar-refractivity contribution in [2.24, 2.45) is 0 Å². The van der Waals surface area contributed by atoms with Crippen molar-refractivity contribution in [2.75, 3.05) is 0 Å². The fourth-order valence-corrected chi connectivity index (χ4v) is 5.48. The Bertz CT molecular complexity index is 1090. The molecule has 3 heterocycles. The first-order chi connectivity index (χ1) is 13.4. The van der Waals surface area contributed by atoms with Crippen LogP contribution in [0.1, 0.15) is 48.8 Å². The third-order valence-electron chi connectivity index (χ3n) is 5.57. The van der Waals surface area contributed by atoms with Crippen molar-refractivity contribution in [2.45, 2.75) is 38.5 Å². The van der Waals surface area contributed by atoms with Crippen LogP contribution in [0.4, 0.5) is 0 Å². The molecule has 2 aromatic carbocycles. The van der Waals surface area contributed by atoms with E-state index in [1.54, 1.807) is 22.7 Å². The summed E-state index contributed by atoms with van der Waals surface area (Å²) in [5.41, 5.74) is 5.87. The molecule has 5 rings (SSSR count). The number of benzene rings is 2. The summed E-state index contributed by atoms with van der Waals surface area (Å²) < 4.78 is 0. The van der Waals surface area contributed by atoms with Gasteiger partial charge in [-0.25, -0.2) is 0 Å². The molecule has 0 aliphatic carbocycles. The first-order valence-corrected chi connectivity index (χ1v) is 11.1. The average molecular weight is 596 g/mol. The van der Waals surface area contributed by atoms with Crippen molar-refractivity contribution in [3.8, 4) is 22.5 Å². The summed E-state index contributed by atoms with van der Waals surface area (Å²) in [5.74, 6) is 0. The van der Waals surface area contributed by atoms with Crippen LogP contribution in [0.3, 0.4) is 0 Å². The van der Waals surface area contributed by atoms with Crippen LogP contribution in [0.15, 0.2) is 47.2 Å². The fourth-order valence-electron chi connectivity index (χ4n) is 3.57. The van der Waals surface area contributed by atoms with Crippen molar-refractivity contribution >= 4 is 22.7 Å². The zero-order valence-corrected chi connectivity index (χ0v) is 20.6. The Morgan fingerprint density at radius 1 is 0.690 bits per heavy atom. The normalized spacial score (nSPS) is 15.9. The zero-order chi connectivity index (χ0) is 19.5. The van der Waals surface area contributed by atoms with Gasteiger partial charge in [-0.3, -0.25) is 9.97 Å². The van der Waals surface area contributed by atoms with Gasteiger partial charge in [0.15, 0.2) is 0 Å². The van der Waals surface area contributed by atoms with E-state index >= 15 is 0 Å². The van der Waals surface area contributed by atoms with Gasteiger partial charge in [0.1, 0.15) is 0 Å². The van der Waals surface area contributed by atoms with E-state index in [0.29, 0.717) is 0 Å². The van der Waals surface area contributed by atoms with Crippen molar-refractivity contribution in [3.05, 3.63) is 80.4 Å². The molecule has 0 amide bonds. The van der Waals surface area contributed by atoms with E-state index in [1.807, 2.05) is 0 Å². The zero-order valence-electron chi connectivity index (χ0n) is 16.6. The molecule has 5 heteroatoms. The van der Waals surface area contributed by atoms with Crippen LogP contribution in [0, 0.1) is 12.1 Å². The Balaban J connectivity index is 0.00000205. The molecule has 148 valence electrons. The van der Waals surface area contributed by atoms with Crippen molar-refractivity contribution in [3.63, 3.8) is 0 Å². The van der Waals surface area contributed by atoms with Crippen LogP contribution < -0.4 is 0 Å². The Morgan fingerprint density at radius 3 is 1.52 bits per heavy atom. The number of nitrogens with zero attached hydrogens (tertiary/aromatic N) is 2. The summed E-state index contributed by atoms with van der Waals surface area (Å²) in [6, 6.07) is 19.9. The number of thiazole rings is 2. The predicted octanol–water partition coefficient (Wildman–Crippen LogP) is 6.50. The topological polar surface area (TPSA) is 25.8 Å². The maximum atomic E-state index is 5.00. The molecule has 0 N–H and O–H groups in total. The molecule has 0 saturated heterocycles. The van der Waals surface area contributed by atoms with E-state index in [-0.39, 0.29) is 31.9 Å². The van der Waals surface area contributed by atoms with Gasteiger partial charge < -0.3 is 0 Å². The van der Waals surface area contributed by atoms with E-state index in [4.69, 9.17) is 9.97 Å². The Labute approximate surface area is 194 Å². The molecule has 2 nitrogen and oxygen atoms in total. The Morgan fingerprint density at radius 2 is 1.10 bits per heavy atom. The molecule has 0 unspecified atom stereocenters. The van der Waals surface area contributed by atoms with Gasteiger partial charge in [-0.1, -0.05) is 27.7 Å². The standard InChI is InChI=1S/C24H20N2S2.Pt/c1-23(2)17-9-5-7-15(11-17)20-14-28-22(26-20)24(3,4)18-10-6-8-16(12-18)19-13-27-21(23)25-19;/h5-10,13-14H,1-4H3;/q-2;+2. The minimum Gasteiger partial charge on any atom is -0.289 e.